The van der Waals surface area contributed by atoms with Crippen LogP contribution >= 0.6 is 0 Å². The van der Waals surface area contributed by atoms with Crippen LogP contribution in [0.5, 0.6) is 17.5 Å². The molecular formula is C19H19FN4O4. The molecule has 1 amide bonds. The predicted octanol–water partition coefficient (Wildman–Crippen LogP) is 3.40. The van der Waals surface area contributed by atoms with Crippen LogP contribution in [0.2, 0.25) is 0 Å². The van der Waals surface area contributed by atoms with Crippen LogP contribution in [0.4, 0.5) is 10.2 Å². The number of carbonyl (C=O) groups excluding carboxylic acids is 1. The van der Waals surface area contributed by atoms with Crippen LogP contribution in [0.1, 0.15) is 17.3 Å². The highest BCUT2D eigenvalue weighted by molar-refractivity contribution is 6.04. The fourth-order valence-electron chi connectivity index (χ4n) is 2.37. The minimum atomic E-state index is -0.448. The third-order valence-electron chi connectivity index (χ3n) is 3.53. The van der Waals surface area contributed by atoms with Gasteiger partial charge in [0.2, 0.25) is 11.8 Å². The molecule has 9 heteroatoms. The number of carbonyl (C=O) groups is 1. The zero-order valence-corrected chi connectivity index (χ0v) is 15.3. The Kier molecular flexibility index (Phi) is 6.18. The first-order chi connectivity index (χ1) is 13.5. The molecule has 0 aliphatic rings. The molecule has 0 fully saturated rings. The van der Waals surface area contributed by atoms with E-state index < -0.39 is 11.7 Å². The molecule has 0 saturated carbocycles. The van der Waals surface area contributed by atoms with Gasteiger partial charge in [-0.2, -0.15) is 10.1 Å². The van der Waals surface area contributed by atoms with Gasteiger partial charge in [0.25, 0.3) is 5.91 Å². The topological polar surface area (TPSA) is 98.4 Å². The van der Waals surface area contributed by atoms with Gasteiger partial charge in [0.1, 0.15) is 23.5 Å². The van der Waals surface area contributed by atoms with Crippen molar-refractivity contribution < 1.29 is 23.4 Å². The third kappa shape index (κ3) is 5.27. The van der Waals surface area contributed by atoms with Crippen LogP contribution in [0.15, 0.2) is 48.7 Å². The molecule has 3 aromatic rings. The van der Waals surface area contributed by atoms with Gasteiger partial charge < -0.3 is 19.5 Å². The van der Waals surface area contributed by atoms with Gasteiger partial charge in [-0.05, 0) is 19.1 Å². The molecule has 0 aliphatic carbocycles. The summed E-state index contributed by atoms with van der Waals surface area (Å²) in [5.74, 6) is 0.0747. The standard InChI is InChI=1S/C19H19FN4O4/c1-12(11-26-2)27-17-8-13(19(25)22-16-6-7-21-24-16)9-18(23-17)28-15-5-3-4-14(20)10-15/h3-10,12H,11H2,1-2H3,(H2,21,22,24,25)/t12-/m1/s1. The molecular weight excluding hydrogens is 367 g/mol. The van der Waals surface area contributed by atoms with Crippen molar-refractivity contribution >= 4 is 11.7 Å². The van der Waals surface area contributed by atoms with Crippen LogP contribution in [-0.2, 0) is 4.74 Å². The van der Waals surface area contributed by atoms with E-state index in [0.29, 0.717) is 12.4 Å². The van der Waals surface area contributed by atoms with E-state index >= 15 is 0 Å². The van der Waals surface area contributed by atoms with Crippen molar-refractivity contribution in [3.63, 3.8) is 0 Å². The number of benzene rings is 1. The van der Waals surface area contributed by atoms with Gasteiger partial charge in [-0.15, -0.1) is 0 Å². The van der Waals surface area contributed by atoms with E-state index in [-0.39, 0.29) is 29.2 Å². The summed E-state index contributed by atoms with van der Waals surface area (Å²) >= 11 is 0. The van der Waals surface area contributed by atoms with E-state index in [9.17, 15) is 9.18 Å². The Labute approximate surface area is 160 Å². The number of nitrogens with one attached hydrogen (secondary N) is 2. The van der Waals surface area contributed by atoms with Crippen molar-refractivity contribution in [3.05, 3.63) is 60.0 Å². The summed E-state index contributed by atoms with van der Waals surface area (Å²) in [7, 11) is 1.56. The van der Waals surface area contributed by atoms with Crippen LogP contribution in [0.3, 0.4) is 0 Å². The van der Waals surface area contributed by atoms with Crippen LogP contribution < -0.4 is 14.8 Å². The lowest BCUT2D eigenvalue weighted by Crippen LogP contribution is -2.19. The van der Waals surface area contributed by atoms with Crippen LogP contribution in [0, 0.1) is 5.82 Å². The fraction of sp³-hybridized carbons (Fsp3) is 0.211. The molecule has 28 heavy (non-hydrogen) atoms. The molecule has 0 aliphatic heterocycles. The summed E-state index contributed by atoms with van der Waals surface area (Å²) in [6.07, 6.45) is 1.21. The molecule has 0 radical (unpaired) electrons. The van der Waals surface area contributed by atoms with Crippen LogP contribution in [-0.4, -0.2) is 40.9 Å². The van der Waals surface area contributed by atoms with Gasteiger partial charge in [-0.25, -0.2) is 4.39 Å². The lowest BCUT2D eigenvalue weighted by Gasteiger charge is -2.15. The number of hydrogen-bond acceptors (Lipinski definition) is 6. The highest BCUT2D eigenvalue weighted by Gasteiger charge is 2.15. The van der Waals surface area contributed by atoms with Crippen molar-refractivity contribution in [2.24, 2.45) is 0 Å². The first-order valence-electron chi connectivity index (χ1n) is 8.45. The van der Waals surface area contributed by atoms with Crippen LogP contribution in [0.25, 0.3) is 0 Å². The van der Waals surface area contributed by atoms with E-state index in [1.807, 2.05) is 0 Å². The average Bonchev–Trinajstić information content (AvgIpc) is 3.14. The molecule has 2 heterocycles. The average molecular weight is 386 g/mol. The second-order valence-corrected chi connectivity index (χ2v) is 5.90. The van der Waals surface area contributed by atoms with E-state index in [2.05, 4.69) is 20.5 Å². The minimum Gasteiger partial charge on any atom is -0.472 e. The number of amides is 1. The first-order valence-corrected chi connectivity index (χ1v) is 8.45. The highest BCUT2D eigenvalue weighted by atomic mass is 19.1. The molecule has 0 saturated heterocycles. The Bertz CT molecular complexity index is 933. The number of halogens is 1. The zero-order valence-electron chi connectivity index (χ0n) is 15.3. The quantitative estimate of drug-likeness (QED) is 0.616. The zero-order chi connectivity index (χ0) is 19.9. The number of rotatable bonds is 8. The minimum absolute atomic E-state index is 0.0856. The lowest BCUT2D eigenvalue weighted by molar-refractivity contribution is 0.0882. The maximum absolute atomic E-state index is 13.4. The number of hydrogen-bond donors (Lipinski definition) is 2. The van der Waals surface area contributed by atoms with Gasteiger partial charge in [-0.3, -0.25) is 9.89 Å². The summed E-state index contributed by atoms with van der Waals surface area (Å²) in [4.78, 5) is 16.8. The van der Waals surface area contributed by atoms with Crippen molar-refractivity contribution in [1.29, 1.82) is 0 Å². The summed E-state index contributed by atoms with van der Waals surface area (Å²) in [5.41, 5.74) is 0.246. The highest BCUT2D eigenvalue weighted by Crippen LogP contribution is 2.25. The van der Waals surface area contributed by atoms with Crippen molar-refractivity contribution in [2.75, 3.05) is 19.0 Å². The number of nitrogens with zero attached hydrogens (tertiary/aromatic N) is 2. The Morgan fingerprint density at radius 2 is 2.07 bits per heavy atom. The Balaban J connectivity index is 1.87. The number of H-pyrrole nitrogens is 1. The molecule has 1 atom stereocenters. The van der Waals surface area contributed by atoms with E-state index in [4.69, 9.17) is 14.2 Å². The van der Waals surface area contributed by atoms with Crippen molar-refractivity contribution in [3.8, 4) is 17.5 Å². The normalized spacial score (nSPS) is 11.7. The smallest absolute Gasteiger partial charge is 0.257 e. The molecule has 2 aromatic heterocycles. The number of pyridine rings is 1. The van der Waals surface area contributed by atoms with E-state index in [1.165, 1.54) is 36.5 Å². The second kappa shape index (κ2) is 8.96. The van der Waals surface area contributed by atoms with Crippen molar-refractivity contribution in [2.45, 2.75) is 13.0 Å². The number of ether oxygens (including phenoxy) is 3. The van der Waals surface area contributed by atoms with E-state index in [0.717, 1.165) is 0 Å². The summed E-state index contributed by atoms with van der Waals surface area (Å²) < 4.78 is 29.8. The molecule has 0 unspecified atom stereocenters. The Morgan fingerprint density at radius 1 is 1.25 bits per heavy atom. The fourth-order valence-corrected chi connectivity index (χ4v) is 2.37. The second-order valence-electron chi connectivity index (χ2n) is 5.90. The molecule has 3 rings (SSSR count). The third-order valence-corrected chi connectivity index (χ3v) is 3.53. The molecule has 8 nitrogen and oxygen atoms in total. The molecule has 1 aromatic carbocycles. The van der Waals surface area contributed by atoms with Gasteiger partial charge in [0, 0.05) is 31.4 Å². The summed E-state index contributed by atoms with van der Waals surface area (Å²) in [6, 6.07) is 10.1. The predicted molar refractivity (Wildman–Crippen MR) is 99.2 cm³/mol. The molecule has 0 bridgehead atoms. The maximum atomic E-state index is 13.4. The van der Waals surface area contributed by atoms with Gasteiger partial charge in [0.15, 0.2) is 0 Å². The monoisotopic (exact) mass is 386 g/mol. The summed E-state index contributed by atoms with van der Waals surface area (Å²) in [5, 5.41) is 9.08. The number of aromatic amines is 1. The first kappa shape index (κ1) is 19.3. The Hall–Kier alpha value is -3.46. The van der Waals surface area contributed by atoms with Crippen molar-refractivity contribution in [1.82, 2.24) is 15.2 Å². The van der Waals surface area contributed by atoms with E-state index in [1.54, 1.807) is 26.2 Å². The molecule has 146 valence electrons. The summed E-state index contributed by atoms with van der Waals surface area (Å²) in [6.45, 7) is 2.14. The number of anilines is 1. The Morgan fingerprint density at radius 3 is 2.79 bits per heavy atom. The SMILES string of the molecule is COC[C@@H](C)Oc1cc(C(=O)Nc2ccn[nH]2)cc(Oc2cccc(F)c2)n1. The maximum Gasteiger partial charge on any atom is 0.257 e. The number of aromatic nitrogens is 3. The lowest BCUT2D eigenvalue weighted by atomic mass is 10.2. The van der Waals surface area contributed by atoms with Gasteiger partial charge >= 0.3 is 0 Å². The number of methoxy groups -OCH3 is 1. The van der Waals surface area contributed by atoms with Gasteiger partial charge in [0.05, 0.1) is 18.4 Å². The molecule has 0 spiro atoms. The van der Waals surface area contributed by atoms with Gasteiger partial charge in [-0.1, -0.05) is 6.07 Å². The largest absolute Gasteiger partial charge is 0.472 e. The molecule has 2 N–H and O–H groups in total.